The smallest absolute Gasteiger partial charge is 0.128 e. The molecule has 0 aromatic heterocycles. The van der Waals surface area contributed by atoms with E-state index in [9.17, 15) is 8.78 Å². The van der Waals surface area contributed by atoms with Crippen LogP contribution in [-0.4, -0.2) is 17.5 Å². The van der Waals surface area contributed by atoms with Crippen LogP contribution in [0.3, 0.4) is 0 Å². The summed E-state index contributed by atoms with van der Waals surface area (Å²) in [6.07, 6.45) is 4.18. The summed E-state index contributed by atoms with van der Waals surface area (Å²) in [5.41, 5.74) is 0.215. The minimum absolute atomic E-state index is 0.287. The van der Waals surface area contributed by atoms with Gasteiger partial charge in [-0.3, -0.25) is 0 Å². The van der Waals surface area contributed by atoms with Gasteiger partial charge in [-0.1, -0.05) is 0 Å². The molecule has 98 valence electrons. The molecule has 18 heavy (non-hydrogen) atoms. The lowest BCUT2D eigenvalue weighted by atomic mass is 10.0. The van der Waals surface area contributed by atoms with Gasteiger partial charge in [-0.25, -0.2) is 8.78 Å². The number of hydrogen-bond donors (Lipinski definition) is 1. The average Bonchev–Trinajstić information content (AvgIpc) is 3.14. The van der Waals surface area contributed by atoms with Crippen molar-refractivity contribution in [2.75, 3.05) is 11.5 Å². The molecule has 1 saturated carbocycles. The molecular weight excluding hydrogens is 252 g/mol. The fourth-order valence-electron chi connectivity index (χ4n) is 2.73. The van der Waals surface area contributed by atoms with E-state index in [4.69, 9.17) is 0 Å². The van der Waals surface area contributed by atoms with E-state index in [1.807, 2.05) is 11.8 Å². The third kappa shape index (κ3) is 2.41. The highest BCUT2D eigenvalue weighted by Crippen LogP contribution is 2.47. The molecule has 4 heteroatoms. The summed E-state index contributed by atoms with van der Waals surface area (Å²) in [4.78, 5) is 0. The molecule has 0 radical (unpaired) electrons. The Morgan fingerprint density at radius 3 is 2.78 bits per heavy atom. The van der Waals surface area contributed by atoms with Gasteiger partial charge in [0, 0.05) is 22.9 Å². The maximum Gasteiger partial charge on any atom is 0.128 e. The molecule has 1 aliphatic carbocycles. The molecule has 1 aromatic rings. The molecule has 0 bridgehead atoms. The van der Waals surface area contributed by atoms with Crippen LogP contribution in [0.4, 0.5) is 8.78 Å². The second kappa shape index (κ2) is 4.82. The van der Waals surface area contributed by atoms with E-state index in [2.05, 4.69) is 5.32 Å². The third-order valence-electron chi connectivity index (χ3n) is 3.83. The van der Waals surface area contributed by atoms with Gasteiger partial charge in [0.2, 0.25) is 0 Å². The van der Waals surface area contributed by atoms with Crippen LogP contribution in [0.1, 0.15) is 31.2 Å². The molecule has 1 aromatic carbocycles. The van der Waals surface area contributed by atoms with Crippen molar-refractivity contribution in [1.29, 1.82) is 0 Å². The van der Waals surface area contributed by atoms with E-state index in [-0.39, 0.29) is 17.2 Å². The minimum Gasteiger partial charge on any atom is -0.304 e. The van der Waals surface area contributed by atoms with E-state index in [0.29, 0.717) is 11.6 Å². The molecule has 0 amide bonds. The Bertz CT molecular complexity index is 439. The molecule has 1 heterocycles. The third-order valence-corrected chi connectivity index (χ3v) is 5.05. The van der Waals surface area contributed by atoms with Crippen molar-refractivity contribution in [3.05, 3.63) is 35.4 Å². The minimum atomic E-state index is -0.350. The summed E-state index contributed by atoms with van der Waals surface area (Å²) in [7, 11) is 0. The van der Waals surface area contributed by atoms with Crippen LogP contribution in [-0.2, 0) is 5.54 Å². The average molecular weight is 269 g/mol. The lowest BCUT2D eigenvalue weighted by Gasteiger charge is -2.28. The molecule has 1 unspecified atom stereocenters. The van der Waals surface area contributed by atoms with Gasteiger partial charge in [0.15, 0.2) is 0 Å². The number of rotatable bonds is 3. The Kier molecular flexibility index (Phi) is 3.32. The molecule has 2 fully saturated rings. The fraction of sp³-hybridized carbons (Fsp3) is 0.571. The Morgan fingerprint density at radius 2 is 2.11 bits per heavy atom. The molecule has 1 saturated heterocycles. The van der Waals surface area contributed by atoms with Crippen LogP contribution in [0.25, 0.3) is 0 Å². The highest BCUT2D eigenvalue weighted by molar-refractivity contribution is 7.99. The first-order valence-electron chi connectivity index (χ1n) is 6.51. The van der Waals surface area contributed by atoms with Crippen LogP contribution in [0.5, 0.6) is 0 Å². The van der Waals surface area contributed by atoms with E-state index in [1.165, 1.54) is 30.4 Å². The van der Waals surface area contributed by atoms with Crippen molar-refractivity contribution in [1.82, 2.24) is 5.32 Å². The number of thioether (sulfide) groups is 1. The molecular formula is C14H17F2NS. The van der Waals surface area contributed by atoms with Gasteiger partial charge in [0.05, 0.1) is 0 Å². The first-order valence-corrected chi connectivity index (χ1v) is 7.66. The zero-order valence-corrected chi connectivity index (χ0v) is 11.0. The molecule has 1 aliphatic heterocycles. The van der Waals surface area contributed by atoms with Crippen molar-refractivity contribution < 1.29 is 8.78 Å². The largest absolute Gasteiger partial charge is 0.304 e. The summed E-state index contributed by atoms with van der Waals surface area (Å²) in [6.45, 7) is 0. The first-order chi connectivity index (χ1) is 8.70. The van der Waals surface area contributed by atoms with Crippen LogP contribution < -0.4 is 5.32 Å². The lowest BCUT2D eigenvalue weighted by Crippen LogP contribution is -2.41. The molecule has 1 atom stereocenters. The number of hydrogen-bond acceptors (Lipinski definition) is 2. The van der Waals surface area contributed by atoms with Crippen molar-refractivity contribution in [3.63, 3.8) is 0 Å². The molecule has 3 rings (SSSR count). The van der Waals surface area contributed by atoms with E-state index < -0.39 is 0 Å². The monoisotopic (exact) mass is 269 g/mol. The first kappa shape index (κ1) is 12.4. The van der Waals surface area contributed by atoms with Gasteiger partial charge >= 0.3 is 0 Å². The van der Waals surface area contributed by atoms with Crippen LogP contribution in [0.15, 0.2) is 18.2 Å². The van der Waals surface area contributed by atoms with Crippen LogP contribution >= 0.6 is 11.8 Å². The van der Waals surface area contributed by atoms with Gasteiger partial charge in [-0.05, 0) is 49.6 Å². The van der Waals surface area contributed by atoms with E-state index in [1.54, 1.807) is 0 Å². The molecule has 1 N–H and O–H groups in total. The maximum absolute atomic E-state index is 13.8. The summed E-state index contributed by atoms with van der Waals surface area (Å²) in [6, 6.07) is 4.22. The van der Waals surface area contributed by atoms with Gasteiger partial charge < -0.3 is 5.32 Å². The predicted octanol–water partition coefficient (Wildman–Crippen LogP) is 3.44. The number of benzene rings is 1. The van der Waals surface area contributed by atoms with Crippen molar-refractivity contribution in [2.24, 2.45) is 0 Å². The molecule has 2 aliphatic rings. The second-order valence-electron chi connectivity index (χ2n) is 5.26. The standard InChI is InChI=1S/C14H17F2NS/c15-10-3-4-13(16)12(8-10)14(5-6-14)17-11-2-1-7-18-9-11/h3-4,8,11,17H,1-2,5-7,9H2. The van der Waals surface area contributed by atoms with Gasteiger partial charge in [-0.2, -0.15) is 11.8 Å². The zero-order valence-electron chi connectivity index (χ0n) is 10.2. The Balaban J connectivity index is 1.79. The molecule has 0 spiro atoms. The van der Waals surface area contributed by atoms with Gasteiger partial charge in [0.25, 0.3) is 0 Å². The van der Waals surface area contributed by atoms with E-state index >= 15 is 0 Å². The van der Waals surface area contributed by atoms with Crippen molar-refractivity contribution in [3.8, 4) is 0 Å². The predicted molar refractivity (Wildman–Crippen MR) is 70.8 cm³/mol. The van der Waals surface area contributed by atoms with Gasteiger partial charge in [-0.15, -0.1) is 0 Å². The molecule has 1 nitrogen and oxygen atoms in total. The van der Waals surface area contributed by atoms with Gasteiger partial charge in [0.1, 0.15) is 11.6 Å². The van der Waals surface area contributed by atoms with Crippen molar-refractivity contribution >= 4 is 11.8 Å². The zero-order chi connectivity index (χ0) is 12.6. The maximum atomic E-state index is 13.8. The summed E-state index contributed by atoms with van der Waals surface area (Å²) >= 11 is 1.94. The Labute approximate surface area is 110 Å². The summed E-state index contributed by atoms with van der Waals surface area (Å²) < 4.78 is 27.1. The summed E-state index contributed by atoms with van der Waals surface area (Å²) in [5.74, 6) is 1.67. The van der Waals surface area contributed by atoms with Crippen LogP contribution in [0.2, 0.25) is 0 Å². The fourth-order valence-corrected chi connectivity index (χ4v) is 3.80. The highest BCUT2D eigenvalue weighted by atomic mass is 32.2. The van der Waals surface area contributed by atoms with Crippen molar-refractivity contribution in [2.45, 2.75) is 37.3 Å². The number of halogens is 2. The highest BCUT2D eigenvalue weighted by Gasteiger charge is 2.47. The topological polar surface area (TPSA) is 12.0 Å². The second-order valence-corrected chi connectivity index (χ2v) is 6.41. The lowest BCUT2D eigenvalue weighted by molar-refractivity contribution is 0.404. The summed E-state index contributed by atoms with van der Waals surface area (Å²) in [5, 5.41) is 3.56. The van der Waals surface area contributed by atoms with Crippen LogP contribution in [0, 0.1) is 11.6 Å². The Hall–Kier alpha value is -0.610. The quantitative estimate of drug-likeness (QED) is 0.902. The van der Waals surface area contributed by atoms with E-state index in [0.717, 1.165) is 25.0 Å². The normalized spacial score (nSPS) is 26.0. The SMILES string of the molecule is Fc1ccc(F)c(C2(NC3CCCSC3)CC2)c1. The number of nitrogens with one attached hydrogen (secondary N) is 1. The Morgan fingerprint density at radius 1 is 1.28 bits per heavy atom.